The second kappa shape index (κ2) is 54.0. The van der Waals surface area contributed by atoms with Crippen LogP contribution in [0.25, 0.3) is 0 Å². The summed E-state index contributed by atoms with van der Waals surface area (Å²) in [6.45, 7) is 23.9. The molecule has 5 amide bonds. The molecule has 788 valence electrons. The number of amides is 5. The molecule has 3 fully saturated rings. The fourth-order valence-corrected chi connectivity index (χ4v) is 16.6. The van der Waals surface area contributed by atoms with E-state index in [1.807, 2.05) is 93.6 Å². The Morgan fingerprint density at radius 2 is 0.694 bits per heavy atom. The third-order valence-corrected chi connectivity index (χ3v) is 24.0. The van der Waals surface area contributed by atoms with Gasteiger partial charge in [-0.05, 0) is 255 Å². The zero-order chi connectivity index (χ0) is 104. The van der Waals surface area contributed by atoms with Gasteiger partial charge in [0.25, 0.3) is 17.7 Å². The number of hydrogen-bond donors (Lipinski definition) is 12. The molecule has 9 aromatic rings. The van der Waals surface area contributed by atoms with Crippen molar-refractivity contribution in [3.05, 3.63) is 161 Å². The number of methoxy groups -OCH3 is 1. The molecular formula is C104H135N21O22. The number of benzene rings is 6. The standard InChI is InChI=1S/C37H49N7O8.C36H47N7O8.C31H39N7O6/c1-6-49-35-42-33-38-22-24-11-14-27(15-12-24)50-19-9-7-8-10-20-51-29-21-26(39-34(41-33)43-35)13-16-28(29)31(45)40-30(32(46)48-5)25-17-18-44(23-25)36(47)52-37(2,3)4;1-5-48-34-41-32-37-21-23-10-13-26(14-11-23)49-18-8-6-7-9-19-50-28-20-25(38-33(40-32)42-34)12-15-27(28)30(44)39-29(31(45)46)24-16-17-43(22-24)35(47)51-36(2,3)4;1-2-42-31-37-29-33-18-20-7-10-23(11-8-20)43-15-5-3-4-6-16-44-25-17-22(34-30(36-29)38-31)9-12-24(25)27(39)35-26(28(40)41)21-13-14-32-19-21/h11-16,21,25,30H,6-10,17-20,22-23H2,1-5H3,(H,40,45)(H2,38,39,41,42,43);10-15,20,24,29H,5-9,16-19,21-22H2,1-4H3,(H,39,44)(H,45,46)(H2,37,38,40,41,42);7-12,17,21,26,32H,2-6,13-16,18-19H2,1H3,(H,35,39)(H,40,41)(H2,33,34,36,37,38). The molecule has 9 aliphatic heterocycles. The van der Waals surface area contributed by atoms with Gasteiger partial charge in [0, 0.05) is 105 Å². The summed E-state index contributed by atoms with van der Waals surface area (Å²) in [5.74, 6) is -0.689. The third-order valence-electron chi connectivity index (χ3n) is 24.0. The number of carbonyl (C=O) groups excluding carboxylic acids is 6. The first-order valence-electron chi connectivity index (χ1n) is 50.2. The second-order valence-corrected chi connectivity index (χ2v) is 37.7. The molecule has 3 aromatic heterocycles. The van der Waals surface area contributed by atoms with Gasteiger partial charge >= 0.3 is 48.1 Å². The average Bonchev–Trinajstić information content (AvgIpc) is 0.905. The van der Waals surface area contributed by atoms with Crippen molar-refractivity contribution < 1.29 is 105 Å². The number of fused-ring (bicyclic) bond motifs is 30. The van der Waals surface area contributed by atoms with Crippen LogP contribution in [0.4, 0.5) is 62.3 Å². The number of carboxylic acids is 2. The quantitative estimate of drug-likeness (QED) is 0.0280. The van der Waals surface area contributed by atoms with Crippen LogP contribution in [0.2, 0.25) is 0 Å². The van der Waals surface area contributed by atoms with Crippen molar-refractivity contribution in [1.29, 1.82) is 0 Å². The maximum absolute atomic E-state index is 13.9. The van der Waals surface area contributed by atoms with E-state index in [1.54, 1.807) is 101 Å². The number of likely N-dealkylation sites (tertiary alicyclic amines) is 2. The minimum absolute atomic E-state index is 0.129. The summed E-state index contributed by atoms with van der Waals surface area (Å²) in [6, 6.07) is 35.6. The maximum atomic E-state index is 13.9. The highest BCUT2D eigenvalue weighted by Crippen LogP contribution is 2.35. The van der Waals surface area contributed by atoms with Crippen LogP contribution in [0.1, 0.15) is 206 Å². The molecular weight excluding hydrogens is 1900 g/mol. The first-order valence-corrected chi connectivity index (χ1v) is 50.2. The van der Waals surface area contributed by atoms with E-state index in [9.17, 15) is 48.6 Å². The lowest BCUT2D eigenvalue weighted by Gasteiger charge is -2.26. The Morgan fingerprint density at radius 3 is 0.993 bits per heavy atom. The highest BCUT2D eigenvalue weighted by Gasteiger charge is 2.42. The molecule has 18 rings (SSSR count). The SMILES string of the molecule is CCOc1nc2nc(n1)Nc1ccc(C(=O)NC(C(=O)O)C3CCN(C(=O)OC(C)(C)C)C3)c(c1)OCCCCCCOc1ccc(cc1)CN2.CCOc1nc2nc(n1)Nc1ccc(C(=O)NC(C(=O)O)C3CCNC3)c(c1)OCCCCCCOc1ccc(cc1)CN2.CCOc1nc2nc(n1)Nc1ccc(C(=O)NC(C(=O)OC)C3CCN(C(=O)OC(C)(C)C)C3)c(c1)OCCCCCCOc1ccc(cc1)CN2. The molecule has 18 bridgehead atoms. The Kier molecular flexibility index (Phi) is 40.0. The lowest BCUT2D eigenvalue weighted by molar-refractivity contribution is -0.144. The maximum Gasteiger partial charge on any atom is 0.410 e. The first-order chi connectivity index (χ1) is 71.0. The van der Waals surface area contributed by atoms with Crippen molar-refractivity contribution in [3.8, 4) is 52.5 Å². The van der Waals surface area contributed by atoms with Gasteiger partial charge in [0.1, 0.15) is 63.8 Å². The summed E-state index contributed by atoms with van der Waals surface area (Å²) >= 11 is 0. The summed E-state index contributed by atoms with van der Waals surface area (Å²) in [6.07, 6.45) is 11.1. The van der Waals surface area contributed by atoms with Crippen LogP contribution in [0.3, 0.4) is 0 Å². The minimum atomic E-state index is -1.24. The van der Waals surface area contributed by atoms with E-state index in [0.29, 0.717) is 164 Å². The van der Waals surface area contributed by atoms with Crippen LogP contribution in [0.15, 0.2) is 127 Å². The van der Waals surface area contributed by atoms with Crippen LogP contribution in [0, 0.1) is 17.8 Å². The highest BCUT2D eigenvalue weighted by atomic mass is 16.6. The number of esters is 1. The van der Waals surface area contributed by atoms with Gasteiger partial charge in [-0.25, -0.2) is 24.0 Å². The van der Waals surface area contributed by atoms with Crippen molar-refractivity contribution >= 4 is 101 Å². The fourth-order valence-electron chi connectivity index (χ4n) is 16.6. The Morgan fingerprint density at radius 1 is 0.388 bits per heavy atom. The normalized spacial score (nSPS) is 17.4. The van der Waals surface area contributed by atoms with E-state index in [4.69, 9.17) is 56.8 Å². The number of anilines is 9. The van der Waals surface area contributed by atoms with Gasteiger partial charge in [0.05, 0.1) is 83.3 Å². The predicted molar refractivity (Wildman–Crippen MR) is 546 cm³/mol. The van der Waals surface area contributed by atoms with Gasteiger partial charge in [-0.2, -0.15) is 44.9 Å². The van der Waals surface area contributed by atoms with Crippen molar-refractivity contribution in [2.75, 3.05) is 138 Å². The Balaban J connectivity index is 0.000000185. The lowest BCUT2D eigenvalue weighted by atomic mass is 9.98. The van der Waals surface area contributed by atoms with Crippen LogP contribution < -0.4 is 95.8 Å². The van der Waals surface area contributed by atoms with Crippen LogP contribution in [-0.2, 0) is 48.2 Å². The smallest absolute Gasteiger partial charge is 0.410 e. The molecule has 0 spiro atoms. The molecule has 0 saturated carbocycles. The van der Waals surface area contributed by atoms with Gasteiger partial charge in [-0.3, -0.25) is 14.4 Å². The zero-order valence-electron chi connectivity index (χ0n) is 84.9. The molecule has 9 aliphatic rings. The van der Waals surface area contributed by atoms with E-state index in [2.05, 4.69) is 98.0 Å². The summed E-state index contributed by atoms with van der Waals surface area (Å²) in [4.78, 5) is 147. The average molecular weight is 2030 g/mol. The second-order valence-electron chi connectivity index (χ2n) is 37.7. The summed E-state index contributed by atoms with van der Waals surface area (Å²) in [5.41, 5.74) is 4.00. The van der Waals surface area contributed by atoms with Crippen molar-refractivity contribution in [2.45, 2.75) is 208 Å². The van der Waals surface area contributed by atoms with Gasteiger partial charge in [0.15, 0.2) is 0 Å². The van der Waals surface area contributed by atoms with Gasteiger partial charge in [-0.1, -0.05) is 36.4 Å². The van der Waals surface area contributed by atoms with E-state index in [-0.39, 0.29) is 83.2 Å². The molecule has 6 aromatic carbocycles. The van der Waals surface area contributed by atoms with E-state index >= 15 is 0 Å². The Labute approximate surface area is 854 Å². The number of carboxylic acid groups (broad SMARTS) is 2. The summed E-state index contributed by atoms with van der Waals surface area (Å²) in [5, 5.41) is 50.5. The minimum Gasteiger partial charge on any atom is -0.494 e. The molecule has 43 nitrogen and oxygen atoms in total. The number of aliphatic carboxylic acids is 2. The molecule has 0 aliphatic carbocycles. The summed E-state index contributed by atoms with van der Waals surface area (Å²) < 4.78 is 69.0. The highest BCUT2D eigenvalue weighted by molar-refractivity contribution is 6.01. The molecule has 12 N–H and O–H groups in total. The molecule has 6 unspecified atom stereocenters. The predicted octanol–water partition coefficient (Wildman–Crippen LogP) is 14.6. The van der Waals surface area contributed by atoms with E-state index in [0.717, 1.165) is 118 Å². The fraction of sp³-hybridized carbons (Fsp3) is 0.490. The number of hydrogen-bond acceptors (Lipinski definition) is 36. The van der Waals surface area contributed by atoms with Crippen LogP contribution in [0.5, 0.6) is 52.5 Å². The molecule has 12 heterocycles. The van der Waals surface area contributed by atoms with Gasteiger partial charge in [0.2, 0.25) is 35.7 Å². The number of aromatic nitrogens is 9. The molecule has 147 heavy (non-hydrogen) atoms. The zero-order valence-corrected chi connectivity index (χ0v) is 84.9. The van der Waals surface area contributed by atoms with Gasteiger partial charge in [-0.15, -0.1) is 0 Å². The largest absolute Gasteiger partial charge is 0.494 e. The number of ether oxygens (including phenoxy) is 12. The lowest BCUT2D eigenvalue weighted by Crippen LogP contribution is -2.48. The number of nitrogens with one attached hydrogen (secondary N) is 10. The summed E-state index contributed by atoms with van der Waals surface area (Å²) in [7, 11) is 1.27. The number of nitrogens with zero attached hydrogens (tertiary/aromatic N) is 11. The number of carbonyl (C=O) groups is 8. The Bertz CT molecular complexity index is 5880. The molecule has 6 atom stereocenters. The molecule has 0 radical (unpaired) electrons. The molecule has 3 saturated heterocycles. The van der Waals surface area contributed by atoms with E-state index in [1.165, 1.54) is 12.0 Å². The number of rotatable bonds is 18. The van der Waals surface area contributed by atoms with Crippen LogP contribution >= 0.6 is 0 Å². The van der Waals surface area contributed by atoms with Gasteiger partial charge < -0.3 is 130 Å². The van der Waals surface area contributed by atoms with Crippen LogP contribution in [-0.4, -0.2) is 248 Å². The molecule has 43 heteroatoms. The monoisotopic (exact) mass is 2030 g/mol. The van der Waals surface area contributed by atoms with Crippen molar-refractivity contribution in [2.24, 2.45) is 17.8 Å². The van der Waals surface area contributed by atoms with Crippen molar-refractivity contribution in [3.63, 3.8) is 0 Å². The first kappa shape index (κ1) is 109. The van der Waals surface area contributed by atoms with Crippen molar-refractivity contribution in [1.82, 2.24) is 75.9 Å². The third kappa shape index (κ3) is 34.2. The topological polar surface area (TPSA) is 531 Å². The van der Waals surface area contributed by atoms with E-state index < -0.39 is 83.1 Å². The Hall–Kier alpha value is -15.3.